The second kappa shape index (κ2) is 8.09. The highest BCUT2D eigenvalue weighted by molar-refractivity contribution is 7.19. The number of hydrogen-bond donors (Lipinski definition) is 2. The number of aromatic nitrogens is 3. The van der Waals surface area contributed by atoms with Gasteiger partial charge in [-0.25, -0.2) is 9.78 Å². The van der Waals surface area contributed by atoms with Gasteiger partial charge in [0.05, 0.1) is 23.8 Å². The van der Waals surface area contributed by atoms with E-state index in [4.69, 9.17) is 10.5 Å². The van der Waals surface area contributed by atoms with Crippen molar-refractivity contribution in [2.75, 3.05) is 31.6 Å². The number of nitrogens with zero attached hydrogens (tertiary/aromatic N) is 4. The normalized spacial score (nSPS) is 14.9. The van der Waals surface area contributed by atoms with Crippen molar-refractivity contribution in [2.45, 2.75) is 6.54 Å². The topological polar surface area (TPSA) is 98.3 Å². The summed E-state index contributed by atoms with van der Waals surface area (Å²) in [4.78, 5) is 19.9. The van der Waals surface area contributed by atoms with Crippen LogP contribution in [-0.2, 0) is 18.3 Å². The maximum absolute atomic E-state index is 11.4. The van der Waals surface area contributed by atoms with Crippen LogP contribution < -0.4 is 11.1 Å². The number of amides is 2. The van der Waals surface area contributed by atoms with Gasteiger partial charge in [0.15, 0.2) is 5.82 Å². The fraction of sp³-hybridized carbons (Fsp3) is 0.316. The average Bonchev–Trinajstić information content (AvgIpc) is 3.29. The van der Waals surface area contributed by atoms with E-state index in [0.29, 0.717) is 11.5 Å². The number of urea groups is 1. The van der Waals surface area contributed by atoms with Gasteiger partial charge in [-0.3, -0.25) is 9.58 Å². The largest absolute Gasteiger partial charge is 0.379 e. The van der Waals surface area contributed by atoms with Crippen molar-refractivity contribution >= 4 is 23.1 Å². The summed E-state index contributed by atoms with van der Waals surface area (Å²) >= 11 is 1.53. The highest BCUT2D eigenvalue weighted by Gasteiger charge is 2.17. The molecule has 1 aromatic carbocycles. The van der Waals surface area contributed by atoms with Crippen LogP contribution in [0.5, 0.6) is 0 Å². The van der Waals surface area contributed by atoms with Crippen LogP contribution in [0.2, 0.25) is 0 Å². The van der Waals surface area contributed by atoms with E-state index < -0.39 is 6.03 Å². The van der Waals surface area contributed by atoms with Gasteiger partial charge in [-0.1, -0.05) is 24.3 Å². The summed E-state index contributed by atoms with van der Waals surface area (Å²) in [6.07, 6.45) is 1.63. The Hall–Kier alpha value is -2.75. The fourth-order valence-corrected chi connectivity index (χ4v) is 4.22. The number of carbonyl (C=O) groups is 1. The van der Waals surface area contributed by atoms with E-state index in [0.717, 1.165) is 48.2 Å². The first kappa shape index (κ1) is 18.6. The van der Waals surface area contributed by atoms with Gasteiger partial charge in [0.1, 0.15) is 6.33 Å². The number of benzene rings is 1. The van der Waals surface area contributed by atoms with Gasteiger partial charge in [-0.2, -0.15) is 5.10 Å². The quantitative estimate of drug-likeness (QED) is 0.688. The summed E-state index contributed by atoms with van der Waals surface area (Å²) in [7, 11) is 1.80. The second-order valence-electron chi connectivity index (χ2n) is 6.67. The number of hydrogen-bond acceptors (Lipinski definition) is 6. The Morgan fingerprint density at radius 2 is 2.04 bits per heavy atom. The van der Waals surface area contributed by atoms with Crippen LogP contribution >= 0.6 is 11.3 Å². The summed E-state index contributed by atoms with van der Waals surface area (Å²) in [5.41, 5.74) is 8.29. The summed E-state index contributed by atoms with van der Waals surface area (Å²) in [5, 5.41) is 7.02. The van der Waals surface area contributed by atoms with Crippen molar-refractivity contribution in [3.05, 3.63) is 42.2 Å². The number of carbonyl (C=O) groups excluding carboxylic acids is 1. The highest BCUT2D eigenvalue weighted by atomic mass is 32.1. The lowest BCUT2D eigenvalue weighted by Gasteiger charge is -2.26. The van der Waals surface area contributed by atoms with Gasteiger partial charge in [-0.15, -0.1) is 11.3 Å². The van der Waals surface area contributed by atoms with Crippen LogP contribution in [0.15, 0.2) is 36.7 Å². The molecule has 0 aliphatic carbocycles. The molecule has 0 unspecified atom stereocenters. The molecule has 1 aliphatic rings. The van der Waals surface area contributed by atoms with Crippen LogP contribution in [-0.4, -0.2) is 52.0 Å². The van der Waals surface area contributed by atoms with Crippen molar-refractivity contribution < 1.29 is 9.53 Å². The predicted molar refractivity (Wildman–Crippen MR) is 109 cm³/mol. The molecular formula is C19H22N6O2S. The third-order valence-electron chi connectivity index (χ3n) is 4.54. The molecule has 0 atom stereocenters. The van der Waals surface area contributed by atoms with Crippen LogP contribution in [0.1, 0.15) is 5.56 Å². The number of morpholine rings is 1. The van der Waals surface area contributed by atoms with Crippen molar-refractivity contribution in [1.82, 2.24) is 19.7 Å². The van der Waals surface area contributed by atoms with E-state index >= 15 is 0 Å². The molecule has 28 heavy (non-hydrogen) atoms. The van der Waals surface area contributed by atoms with Crippen molar-refractivity contribution in [3.8, 4) is 21.1 Å². The lowest BCUT2D eigenvalue weighted by Crippen LogP contribution is -2.35. The molecule has 3 N–H and O–H groups in total. The minimum Gasteiger partial charge on any atom is -0.379 e. The summed E-state index contributed by atoms with van der Waals surface area (Å²) in [6, 6.07) is 9.80. The number of nitrogens with one attached hydrogen (secondary N) is 1. The van der Waals surface area contributed by atoms with Crippen LogP contribution in [0.4, 0.5) is 10.5 Å². The third-order valence-corrected chi connectivity index (χ3v) is 5.72. The third kappa shape index (κ3) is 4.22. The number of rotatable bonds is 5. The van der Waals surface area contributed by atoms with E-state index in [1.165, 1.54) is 16.9 Å². The number of primary amides is 1. The minimum atomic E-state index is -0.609. The van der Waals surface area contributed by atoms with Gasteiger partial charge in [0, 0.05) is 31.6 Å². The van der Waals surface area contributed by atoms with Crippen LogP contribution in [0, 0.1) is 0 Å². The Bertz CT molecular complexity index is 959. The predicted octanol–water partition coefficient (Wildman–Crippen LogP) is 2.53. The molecule has 1 aliphatic heterocycles. The molecule has 0 spiro atoms. The molecule has 1 fully saturated rings. The molecule has 2 aromatic heterocycles. The second-order valence-corrected chi connectivity index (χ2v) is 7.72. The van der Waals surface area contributed by atoms with Gasteiger partial charge >= 0.3 is 6.03 Å². The molecule has 8 nitrogen and oxygen atoms in total. The maximum atomic E-state index is 11.4. The Morgan fingerprint density at radius 1 is 1.29 bits per heavy atom. The van der Waals surface area contributed by atoms with E-state index in [2.05, 4.69) is 44.6 Å². The van der Waals surface area contributed by atoms with E-state index in [9.17, 15) is 4.79 Å². The zero-order valence-electron chi connectivity index (χ0n) is 15.6. The van der Waals surface area contributed by atoms with Crippen LogP contribution in [0.25, 0.3) is 21.1 Å². The fourth-order valence-electron chi connectivity index (χ4n) is 3.16. The summed E-state index contributed by atoms with van der Waals surface area (Å²) < 4.78 is 7.03. The van der Waals surface area contributed by atoms with E-state index in [1.807, 2.05) is 6.07 Å². The van der Waals surface area contributed by atoms with Gasteiger partial charge in [0.2, 0.25) is 0 Å². The number of thiophene rings is 1. The standard InChI is InChI=1S/C19H22N6O2S/c1-24-12-21-18(23-24)17-15(22-19(20)26)10-16(28-17)14-4-2-13(3-5-14)11-25-6-8-27-9-7-25/h2-5,10,12H,6-9,11H2,1H3,(H3,20,22,26). The summed E-state index contributed by atoms with van der Waals surface area (Å²) in [5.74, 6) is 0.562. The van der Waals surface area contributed by atoms with E-state index in [-0.39, 0.29) is 0 Å². The Balaban J connectivity index is 1.57. The average molecular weight is 398 g/mol. The first-order valence-electron chi connectivity index (χ1n) is 9.04. The minimum absolute atomic E-state index is 0.562. The first-order valence-corrected chi connectivity index (χ1v) is 9.86. The number of nitrogens with two attached hydrogens (primary N) is 1. The maximum Gasteiger partial charge on any atom is 0.316 e. The Morgan fingerprint density at radius 3 is 2.68 bits per heavy atom. The smallest absolute Gasteiger partial charge is 0.316 e. The highest BCUT2D eigenvalue weighted by Crippen LogP contribution is 2.40. The Kier molecular flexibility index (Phi) is 5.38. The van der Waals surface area contributed by atoms with Gasteiger partial charge in [-0.05, 0) is 17.2 Å². The molecule has 4 rings (SSSR count). The van der Waals surface area contributed by atoms with Crippen molar-refractivity contribution in [2.24, 2.45) is 12.8 Å². The monoisotopic (exact) mass is 398 g/mol. The van der Waals surface area contributed by atoms with Crippen molar-refractivity contribution in [3.63, 3.8) is 0 Å². The first-order chi connectivity index (χ1) is 13.6. The number of aryl methyl sites for hydroxylation is 1. The van der Waals surface area contributed by atoms with Gasteiger partial charge in [0.25, 0.3) is 0 Å². The molecular weight excluding hydrogens is 376 g/mol. The molecule has 0 saturated carbocycles. The van der Waals surface area contributed by atoms with Crippen LogP contribution in [0.3, 0.4) is 0 Å². The Labute approximate surface area is 166 Å². The molecule has 9 heteroatoms. The molecule has 0 radical (unpaired) electrons. The van der Waals surface area contributed by atoms with Gasteiger partial charge < -0.3 is 15.8 Å². The lowest BCUT2D eigenvalue weighted by atomic mass is 10.1. The zero-order valence-corrected chi connectivity index (χ0v) is 16.4. The molecule has 3 aromatic rings. The molecule has 2 amide bonds. The van der Waals surface area contributed by atoms with Crippen molar-refractivity contribution in [1.29, 1.82) is 0 Å². The van der Waals surface area contributed by atoms with E-state index in [1.54, 1.807) is 18.1 Å². The SMILES string of the molecule is Cn1cnc(-c2sc(-c3ccc(CN4CCOCC4)cc3)cc2NC(N)=O)n1. The number of ether oxygens (including phenoxy) is 1. The summed E-state index contributed by atoms with van der Waals surface area (Å²) in [6.45, 7) is 4.46. The molecule has 1 saturated heterocycles. The number of anilines is 1. The zero-order chi connectivity index (χ0) is 19.5. The molecule has 0 bridgehead atoms. The lowest BCUT2D eigenvalue weighted by molar-refractivity contribution is 0.0342. The molecule has 3 heterocycles. The molecule has 146 valence electrons.